The van der Waals surface area contributed by atoms with Gasteiger partial charge >= 0.3 is 11.9 Å². The molecule has 0 aliphatic heterocycles. The van der Waals surface area contributed by atoms with Crippen LogP contribution in [0.4, 0.5) is 0 Å². The molecular formula is C56H91NO7. The first-order valence-electron chi connectivity index (χ1n) is 25.0. The van der Waals surface area contributed by atoms with Gasteiger partial charge in [-0.25, -0.2) is 0 Å². The van der Waals surface area contributed by atoms with Crippen molar-refractivity contribution in [1.29, 1.82) is 0 Å². The fourth-order valence-electron chi connectivity index (χ4n) is 6.76. The molecule has 0 aliphatic carbocycles. The van der Waals surface area contributed by atoms with Crippen LogP contribution in [-0.4, -0.2) is 75.5 Å². The molecule has 0 aromatic carbocycles. The van der Waals surface area contributed by atoms with Gasteiger partial charge in [0.1, 0.15) is 12.6 Å². The highest BCUT2D eigenvalue weighted by Crippen LogP contribution is 2.15. The highest BCUT2D eigenvalue weighted by atomic mass is 16.6. The van der Waals surface area contributed by atoms with E-state index in [-0.39, 0.29) is 49.1 Å². The summed E-state index contributed by atoms with van der Waals surface area (Å²) in [6.07, 6.45) is 62.6. The van der Waals surface area contributed by atoms with Crippen molar-refractivity contribution in [2.45, 2.75) is 187 Å². The molecule has 0 bridgehead atoms. The van der Waals surface area contributed by atoms with Gasteiger partial charge < -0.3 is 28.6 Å². The van der Waals surface area contributed by atoms with Gasteiger partial charge in [0.2, 0.25) is 0 Å². The van der Waals surface area contributed by atoms with E-state index in [0.29, 0.717) is 12.8 Å². The van der Waals surface area contributed by atoms with Crippen LogP contribution in [0, 0.1) is 0 Å². The zero-order chi connectivity index (χ0) is 47.0. The lowest BCUT2D eigenvalue weighted by Crippen LogP contribution is -2.55. The van der Waals surface area contributed by atoms with Crippen LogP contribution in [0.15, 0.2) is 109 Å². The smallest absolute Gasteiger partial charge is 0.306 e. The van der Waals surface area contributed by atoms with Crippen molar-refractivity contribution < 1.29 is 38.2 Å². The number of unbranched alkanes of at least 4 members (excludes halogenated alkanes) is 16. The third kappa shape index (κ3) is 43.3. The number of likely N-dealkylation sites (N-methyl/N-ethyl adjacent to an activating group) is 1. The first kappa shape index (κ1) is 60.0. The van der Waals surface area contributed by atoms with Gasteiger partial charge in [-0.1, -0.05) is 200 Å². The normalized spacial score (nSPS) is 13.8. The maximum Gasteiger partial charge on any atom is 0.306 e. The largest absolute Gasteiger partial charge is 0.544 e. The zero-order valence-corrected chi connectivity index (χ0v) is 41.2. The lowest BCUT2D eigenvalue weighted by atomic mass is 10.0. The minimum atomic E-state index is -1.14. The Hall–Kier alpha value is -4.01. The number of rotatable bonds is 43. The number of nitrogens with zero attached hydrogens (tertiary/aromatic N) is 1. The predicted molar refractivity (Wildman–Crippen MR) is 268 cm³/mol. The van der Waals surface area contributed by atoms with E-state index in [4.69, 9.17) is 14.2 Å². The molecule has 0 rings (SSSR count). The SMILES string of the molecule is CC/C=C/C=C/C=C/C=C/C=C/C=C/CCCCCC(=O)OC(COCCC(C(=O)[O-])[N+](C)(C)C)COC(=O)CCCCCCCCCCCCCCC/C=C/C/C=C/C/C=C/CC. The van der Waals surface area contributed by atoms with Crippen LogP contribution in [0.2, 0.25) is 0 Å². The lowest BCUT2D eigenvalue weighted by Gasteiger charge is -2.34. The molecule has 0 aromatic heterocycles. The van der Waals surface area contributed by atoms with E-state index >= 15 is 0 Å². The average molecular weight is 890 g/mol. The molecule has 0 heterocycles. The number of esters is 2. The maximum atomic E-state index is 12.8. The average Bonchev–Trinajstić information content (AvgIpc) is 3.26. The number of hydrogen-bond donors (Lipinski definition) is 0. The summed E-state index contributed by atoms with van der Waals surface area (Å²) >= 11 is 0. The van der Waals surface area contributed by atoms with E-state index in [2.05, 4.69) is 62.5 Å². The van der Waals surface area contributed by atoms with Gasteiger partial charge in [-0.05, 0) is 64.2 Å². The minimum Gasteiger partial charge on any atom is -0.544 e. The van der Waals surface area contributed by atoms with E-state index in [1.165, 1.54) is 70.6 Å². The molecule has 0 N–H and O–H groups in total. The van der Waals surface area contributed by atoms with Crippen LogP contribution in [0.3, 0.4) is 0 Å². The lowest BCUT2D eigenvalue weighted by molar-refractivity contribution is -0.889. The quantitative estimate of drug-likeness (QED) is 0.0197. The number of carboxylic acid groups (broad SMARTS) is 1. The summed E-state index contributed by atoms with van der Waals surface area (Å²) < 4.78 is 17.2. The summed E-state index contributed by atoms with van der Waals surface area (Å²) in [6.45, 7) is 4.35. The highest BCUT2D eigenvalue weighted by molar-refractivity contribution is 5.70. The molecule has 2 unspecified atom stereocenters. The van der Waals surface area contributed by atoms with Crippen LogP contribution in [0.25, 0.3) is 0 Å². The van der Waals surface area contributed by atoms with Crippen LogP contribution in [0.1, 0.15) is 174 Å². The summed E-state index contributed by atoms with van der Waals surface area (Å²) in [5.74, 6) is -1.81. The van der Waals surface area contributed by atoms with Crippen LogP contribution >= 0.6 is 0 Å². The van der Waals surface area contributed by atoms with Gasteiger partial charge in [-0.2, -0.15) is 0 Å². The second-order valence-electron chi connectivity index (χ2n) is 17.4. The monoisotopic (exact) mass is 890 g/mol. The van der Waals surface area contributed by atoms with Crippen LogP contribution in [-0.2, 0) is 28.6 Å². The standard InChI is InChI=1S/C56H91NO7/c1-6-8-10-12-14-16-18-20-22-24-25-26-27-28-29-31-32-34-36-38-40-42-44-46-54(58)63-51-52(50-62-49-48-53(56(60)61)57(3,4)5)64-55(59)47-45-43-41-39-37-35-33-30-23-21-19-17-15-13-11-9-7-2/h8-11,13-17,19-23,30,33,35,37,52-53H,6-7,12,18,24-29,31-32,34,36,38-51H2,1-5H3/b10-8+,11-9+,15-13+,16-14+,19-17+,22-20+,23-21+,33-30+,37-35+. The summed E-state index contributed by atoms with van der Waals surface area (Å²) in [5, 5.41) is 11.7. The van der Waals surface area contributed by atoms with Gasteiger partial charge in [-0.3, -0.25) is 9.59 Å². The molecule has 64 heavy (non-hydrogen) atoms. The molecule has 362 valence electrons. The van der Waals surface area contributed by atoms with Gasteiger partial charge in [0, 0.05) is 19.3 Å². The summed E-state index contributed by atoms with van der Waals surface area (Å²) in [5.41, 5.74) is 0. The predicted octanol–water partition coefficient (Wildman–Crippen LogP) is 13.1. The molecule has 0 amide bonds. The van der Waals surface area contributed by atoms with Gasteiger partial charge in [0.15, 0.2) is 6.10 Å². The Balaban J connectivity index is 4.31. The second-order valence-corrected chi connectivity index (χ2v) is 17.4. The molecular weight excluding hydrogens is 799 g/mol. The minimum absolute atomic E-state index is 0.0155. The molecule has 8 heteroatoms. The second kappa shape index (κ2) is 45.6. The molecule has 0 saturated heterocycles. The number of hydrogen-bond acceptors (Lipinski definition) is 7. The van der Waals surface area contributed by atoms with E-state index in [1.807, 2.05) is 60.8 Å². The Kier molecular flexibility index (Phi) is 42.7. The van der Waals surface area contributed by atoms with Crippen LogP contribution in [0.5, 0.6) is 0 Å². The van der Waals surface area contributed by atoms with E-state index in [0.717, 1.165) is 64.2 Å². The van der Waals surface area contributed by atoms with Crippen molar-refractivity contribution in [3.63, 3.8) is 0 Å². The summed E-state index contributed by atoms with van der Waals surface area (Å²) in [6, 6.07) is -0.741. The Morgan fingerprint density at radius 3 is 1.42 bits per heavy atom. The van der Waals surface area contributed by atoms with Gasteiger partial charge in [0.25, 0.3) is 0 Å². The number of aliphatic carboxylic acids is 1. The molecule has 0 radical (unpaired) electrons. The maximum absolute atomic E-state index is 12.8. The third-order valence-corrected chi connectivity index (χ3v) is 10.6. The van der Waals surface area contributed by atoms with Crippen molar-refractivity contribution >= 4 is 17.9 Å². The first-order chi connectivity index (χ1) is 31.1. The summed E-state index contributed by atoms with van der Waals surface area (Å²) in [7, 11) is 5.38. The molecule has 2 atom stereocenters. The number of carboxylic acids is 1. The number of carbonyl (C=O) groups is 3. The van der Waals surface area contributed by atoms with Crippen molar-refractivity contribution in [3.05, 3.63) is 109 Å². The molecule has 0 spiro atoms. The molecule has 0 saturated carbocycles. The van der Waals surface area contributed by atoms with Crippen molar-refractivity contribution in [2.24, 2.45) is 0 Å². The van der Waals surface area contributed by atoms with Gasteiger partial charge in [0.05, 0.1) is 40.3 Å². The molecule has 0 fully saturated rings. The topological polar surface area (TPSA) is 102 Å². The summed E-state index contributed by atoms with van der Waals surface area (Å²) in [4.78, 5) is 37.0. The number of quaternary nitrogens is 1. The molecule has 8 nitrogen and oxygen atoms in total. The fourth-order valence-corrected chi connectivity index (χ4v) is 6.76. The van der Waals surface area contributed by atoms with Crippen molar-refractivity contribution in [3.8, 4) is 0 Å². The Morgan fingerprint density at radius 2 is 0.906 bits per heavy atom. The van der Waals surface area contributed by atoms with Crippen LogP contribution < -0.4 is 5.11 Å². The molecule has 0 aliphatic rings. The Labute approximate surface area is 391 Å². The van der Waals surface area contributed by atoms with Gasteiger partial charge in [-0.15, -0.1) is 0 Å². The number of carbonyl (C=O) groups excluding carboxylic acids is 3. The van der Waals surface area contributed by atoms with E-state index in [9.17, 15) is 19.5 Å². The third-order valence-electron chi connectivity index (χ3n) is 10.6. The first-order valence-corrected chi connectivity index (χ1v) is 25.0. The fraction of sp³-hybridized carbons (Fsp3) is 0.625. The van der Waals surface area contributed by atoms with E-state index in [1.54, 1.807) is 21.1 Å². The Bertz CT molecular complexity index is 1410. The van der Waals surface area contributed by atoms with Crippen molar-refractivity contribution in [1.82, 2.24) is 0 Å². The Morgan fingerprint density at radius 1 is 0.484 bits per heavy atom. The van der Waals surface area contributed by atoms with Crippen molar-refractivity contribution in [2.75, 3.05) is 41.0 Å². The highest BCUT2D eigenvalue weighted by Gasteiger charge is 2.25. The number of allylic oxidation sites excluding steroid dienone is 18. The molecule has 0 aromatic rings. The number of ether oxygens (including phenoxy) is 3. The van der Waals surface area contributed by atoms with E-state index < -0.39 is 18.1 Å². The zero-order valence-electron chi connectivity index (χ0n) is 41.2.